The summed E-state index contributed by atoms with van der Waals surface area (Å²) in [7, 11) is 0. The molecule has 3 heteroatoms. The van der Waals surface area contributed by atoms with E-state index in [-0.39, 0.29) is 0 Å². The summed E-state index contributed by atoms with van der Waals surface area (Å²) in [5, 5.41) is 0. The zero-order chi connectivity index (χ0) is 21.5. The predicted molar refractivity (Wildman–Crippen MR) is 130 cm³/mol. The van der Waals surface area contributed by atoms with Crippen LogP contribution >= 0.6 is 0 Å². The molecule has 1 aliphatic rings. The van der Waals surface area contributed by atoms with E-state index in [1.807, 2.05) is 6.07 Å². The third-order valence-electron chi connectivity index (χ3n) is 6.41. The topological polar surface area (TPSA) is 29.7 Å². The highest BCUT2D eigenvalue weighted by Gasteiger charge is 2.19. The molecule has 0 aliphatic carbocycles. The van der Waals surface area contributed by atoms with Gasteiger partial charge in [0, 0.05) is 18.3 Å². The SMILES string of the molecule is CCC1CC=NCC1CC.CCc1c(-c2ccc(C(C)C)cc2)nc2ccccn12. The van der Waals surface area contributed by atoms with E-state index < -0.39 is 0 Å². The first-order valence-electron chi connectivity index (χ1n) is 11.6. The lowest BCUT2D eigenvalue weighted by atomic mass is 9.84. The molecule has 1 aliphatic heterocycles. The molecule has 4 rings (SSSR count). The van der Waals surface area contributed by atoms with Crippen LogP contribution in [0.25, 0.3) is 16.9 Å². The molecule has 2 aromatic heterocycles. The molecule has 0 N–H and O–H groups in total. The fourth-order valence-electron chi connectivity index (χ4n) is 4.37. The van der Waals surface area contributed by atoms with Crippen LogP contribution in [0.1, 0.15) is 71.1 Å². The zero-order valence-electron chi connectivity index (χ0n) is 19.3. The summed E-state index contributed by atoms with van der Waals surface area (Å²) >= 11 is 0. The Morgan fingerprint density at radius 1 is 0.967 bits per heavy atom. The van der Waals surface area contributed by atoms with Gasteiger partial charge in [0.25, 0.3) is 0 Å². The van der Waals surface area contributed by atoms with E-state index in [2.05, 4.69) is 92.8 Å². The summed E-state index contributed by atoms with van der Waals surface area (Å²) in [4.78, 5) is 9.09. The standard InChI is InChI=1S/C18H20N2.C9H17N/c1-4-16-18(19-17-7-5-6-12-20(16)17)15-10-8-14(9-11-15)13(2)3;1-3-8-5-6-10-7-9(8)4-2/h5-13H,4H2,1-3H3;6,8-9H,3-5,7H2,1-2H3. The summed E-state index contributed by atoms with van der Waals surface area (Å²) in [6, 6.07) is 15.0. The van der Waals surface area contributed by atoms with Gasteiger partial charge in [-0.05, 0) is 54.5 Å². The van der Waals surface area contributed by atoms with Crippen LogP contribution in [-0.4, -0.2) is 22.1 Å². The Bertz CT molecular complexity index is 936. The van der Waals surface area contributed by atoms with Gasteiger partial charge in [-0.2, -0.15) is 0 Å². The van der Waals surface area contributed by atoms with Crippen molar-refractivity contribution >= 4 is 11.9 Å². The summed E-state index contributed by atoms with van der Waals surface area (Å²) < 4.78 is 2.19. The van der Waals surface area contributed by atoms with E-state index in [0.717, 1.165) is 36.1 Å². The number of pyridine rings is 1. The second kappa shape index (κ2) is 10.6. The molecular weight excluding hydrogens is 366 g/mol. The molecule has 0 fully saturated rings. The number of rotatable bonds is 5. The number of aromatic nitrogens is 2. The molecule has 3 heterocycles. The van der Waals surface area contributed by atoms with Crippen LogP contribution in [0.3, 0.4) is 0 Å². The number of aryl methyl sites for hydroxylation is 1. The van der Waals surface area contributed by atoms with Crippen molar-refractivity contribution in [2.75, 3.05) is 6.54 Å². The van der Waals surface area contributed by atoms with Crippen molar-refractivity contribution in [3.8, 4) is 11.3 Å². The van der Waals surface area contributed by atoms with Crippen molar-refractivity contribution in [1.29, 1.82) is 0 Å². The Morgan fingerprint density at radius 2 is 1.70 bits per heavy atom. The Hall–Kier alpha value is -2.42. The fourth-order valence-corrected chi connectivity index (χ4v) is 4.37. The quantitative estimate of drug-likeness (QED) is 0.443. The van der Waals surface area contributed by atoms with Crippen molar-refractivity contribution in [2.45, 2.75) is 66.2 Å². The van der Waals surface area contributed by atoms with E-state index in [9.17, 15) is 0 Å². The molecule has 3 nitrogen and oxygen atoms in total. The average molecular weight is 404 g/mol. The van der Waals surface area contributed by atoms with Crippen LogP contribution < -0.4 is 0 Å². The molecule has 160 valence electrons. The third kappa shape index (κ3) is 5.00. The molecule has 0 saturated carbocycles. The number of nitrogens with zero attached hydrogens (tertiary/aromatic N) is 3. The minimum Gasteiger partial charge on any atom is -0.303 e. The van der Waals surface area contributed by atoms with E-state index in [1.165, 1.54) is 36.1 Å². The van der Waals surface area contributed by atoms with E-state index in [1.54, 1.807) is 0 Å². The minimum absolute atomic E-state index is 0.566. The molecule has 0 bridgehead atoms. The van der Waals surface area contributed by atoms with Crippen molar-refractivity contribution in [3.63, 3.8) is 0 Å². The zero-order valence-corrected chi connectivity index (χ0v) is 19.3. The number of hydrogen-bond acceptors (Lipinski definition) is 2. The van der Waals surface area contributed by atoms with Gasteiger partial charge in [0.15, 0.2) is 0 Å². The highest BCUT2D eigenvalue weighted by Crippen LogP contribution is 2.27. The van der Waals surface area contributed by atoms with Gasteiger partial charge >= 0.3 is 0 Å². The van der Waals surface area contributed by atoms with Crippen LogP contribution in [0.15, 0.2) is 53.7 Å². The van der Waals surface area contributed by atoms with E-state index in [0.29, 0.717) is 5.92 Å². The van der Waals surface area contributed by atoms with Crippen molar-refractivity contribution in [2.24, 2.45) is 16.8 Å². The third-order valence-corrected chi connectivity index (χ3v) is 6.41. The van der Waals surface area contributed by atoms with Crippen LogP contribution in [-0.2, 0) is 6.42 Å². The maximum Gasteiger partial charge on any atom is 0.137 e. The lowest BCUT2D eigenvalue weighted by Crippen LogP contribution is -2.20. The molecule has 0 spiro atoms. The molecule has 1 aromatic carbocycles. The molecule has 30 heavy (non-hydrogen) atoms. The Morgan fingerprint density at radius 3 is 2.30 bits per heavy atom. The predicted octanol–water partition coefficient (Wildman–Crippen LogP) is 7.20. The van der Waals surface area contributed by atoms with Crippen LogP contribution in [0.5, 0.6) is 0 Å². The number of imidazole rings is 1. The fraction of sp³-hybridized carbons (Fsp3) is 0.481. The summed E-state index contributed by atoms with van der Waals surface area (Å²) in [5.74, 6) is 2.35. The molecule has 0 saturated heterocycles. The van der Waals surface area contributed by atoms with Crippen LogP contribution in [0.4, 0.5) is 0 Å². The second-order valence-corrected chi connectivity index (χ2v) is 8.59. The first kappa shape index (κ1) is 22.3. The average Bonchev–Trinajstić information content (AvgIpc) is 3.18. The van der Waals surface area contributed by atoms with Gasteiger partial charge in [-0.25, -0.2) is 4.98 Å². The highest BCUT2D eigenvalue weighted by molar-refractivity contribution is 5.67. The lowest BCUT2D eigenvalue weighted by molar-refractivity contribution is 0.320. The summed E-state index contributed by atoms with van der Waals surface area (Å²) in [6.07, 6.45) is 9.01. The van der Waals surface area contributed by atoms with Crippen molar-refractivity contribution in [3.05, 3.63) is 59.9 Å². The Balaban J connectivity index is 0.000000216. The number of fused-ring (bicyclic) bond motifs is 1. The van der Waals surface area contributed by atoms with Gasteiger partial charge in [-0.3, -0.25) is 4.99 Å². The maximum atomic E-state index is 4.79. The smallest absolute Gasteiger partial charge is 0.137 e. The Kier molecular flexibility index (Phi) is 7.84. The number of hydrogen-bond donors (Lipinski definition) is 0. The van der Waals surface area contributed by atoms with Crippen LogP contribution in [0.2, 0.25) is 0 Å². The van der Waals surface area contributed by atoms with Gasteiger partial charge in [-0.15, -0.1) is 0 Å². The minimum atomic E-state index is 0.566. The summed E-state index contributed by atoms with van der Waals surface area (Å²) in [6.45, 7) is 12.3. The van der Waals surface area contributed by atoms with Gasteiger partial charge in [0.05, 0.1) is 11.4 Å². The van der Waals surface area contributed by atoms with Crippen molar-refractivity contribution < 1.29 is 0 Å². The molecular formula is C27H37N3. The highest BCUT2D eigenvalue weighted by atomic mass is 15.0. The lowest BCUT2D eigenvalue weighted by Gasteiger charge is -2.25. The maximum absolute atomic E-state index is 4.79. The normalized spacial score (nSPS) is 18.5. The summed E-state index contributed by atoms with van der Waals surface area (Å²) in [5.41, 5.74) is 5.98. The van der Waals surface area contributed by atoms with Gasteiger partial charge in [0.2, 0.25) is 0 Å². The van der Waals surface area contributed by atoms with E-state index >= 15 is 0 Å². The number of benzene rings is 1. The van der Waals surface area contributed by atoms with Gasteiger partial charge in [0.1, 0.15) is 5.65 Å². The van der Waals surface area contributed by atoms with Gasteiger partial charge < -0.3 is 4.40 Å². The first-order chi connectivity index (χ1) is 14.6. The first-order valence-corrected chi connectivity index (χ1v) is 11.6. The monoisotopic (exact) mass is 403 g/mol. The van der Waals surface area contributed by atoms with Crippen molar-refractivity contribution in [1.82, 2.24) is 9.38 Å². The molecule has 2 unspecified atom stereocenters. The molecule has 3 aromatic rings. The second-order valence-electron chi connectivity index (χ2n) is 8.59. The molecule has 0 amide bonds. The number of aliphatic imine (C=N–C) groups is 1. The molecule has 0 radical (unpaired) electrons. The molecule has 2 atom stereocenters. The van der Waals surface area contributed by atoms with Crippen LogP contribution in [0, 0.1) is 11.8 Å². The Labute approximate surface area is 182 Å². The van der Waals surface area contributed by atoms with E-state index in [4.69, 9.17) is 4.98 Å². The van der Waals surface area contributed by atoms with Gasteiger partial charge in [-0.1, -0.05) is 77.8 Å². The largest absolute Gasteiger partial charge is 0.303 e.